The molecule has 1 heterocycles. The summed E-state index contributed by atoms with van der Waals surface area (Å²) >= 11 is 0. The molecule has 1 aliphatic carbocycles. The van der Waals surface area contributed by atoms with Gasteiger partial charge in [-0.1, -0.05) is 60.7 Å². The number of hydrogen-bond donors (Lipinski definition) is 0. The summed E-state index contributed by atoms with van der Waals surface area (Å²) in [4.78, 5) is 15.0. The Kier molecular flexibility index (Phi) is 4.38. The van der Waals surface area contributed by atoms with E-state index in [0.717, 1.165) is 17.7 Å². The summed E-state index contributed by atoms with van der Waals surface area (Å²) in [5.41, 5.74) is 2.40. The molecular weight excluding hydrogens is 310 g/mol. The minimum Gasteiger partial charge on any atom is -0.467 e. The SMILES string of the molecule is O=C([C@@H]1C[C@H]1c1ccccc1)N(Cc1ccccc1)Cc1ccco1. The van der Waals surface area contributed by atoms with Crippen LogP contribution in [0.5, 0.6) is 0 Å². The molecule has 126 valence electrons. The molecule has 0 N–H and O–H groups in total. The van der Waals surface area contributed by atoms with Crippen LogP contribution in [0, 0.1) is 5.92 Å². The second kappa shape index (κ2) is 6.98. The van der Waals surface area contributed by atoms with Crippen LogP contribution < -0.4 is 0 Å². The van der Waals surface area contributed by atoms with Gasteiger partial charge in [0.25, 0.3) is 0 Å². The van der Waals surface area contributed by atoms with E-state index >= 15 is 0 Å². The Morgan fingerprint density at radius 1 is 0.920 bits per heavy atom. The first kappa shape index (κ1) is 15.7. The highest BCUT2D eigenvalue weighted by atomic mass is 16.3. The minimum absolute atomic E-state index is 0.0843. The maximum Gasteiger partial charge on any atom is 0.227 e. The fourth-order valence-electron chi connectivity index (χ4n) is 3.38. The van der Waals surface area contributed by atoms with E-state index in [0.29, 0.717) is 19.0 Å². The Hall–Kier alpha value is -2.81. The average Bonchev–Trinajstić information content (AvgIpc) is 3.30. The Morgan fingerprint density at radius 2 is 1.64 bits per heavy atom. The molecule has 0 bridgehead atoms. The molecule has 0 saturated heterocycles. The number of hydrogen-bond acceptors (Lipinski definition) is 2. The number of carbonyl (C=O) groups is 1. The van der Waals surface area contributed by atoms with Gasteiger partial charge in [0.15, 0.2) is 0 Å². The molecule has 1 amide bonds. The van der Waals surface area contributed by atoms with Gasteiger partial charge in [-0.15, -0.1) is 0 Å². The third-order valence-corrected chi connectivity index (χ3v) is 4.79. The third-order valence-electron chi connectivity index (χ3n) is 4.79. The first-order valence-corrected chi connectivity index (χ1v) is 8.71. The zero-order valence-corrected chi connectivity index (χ0v) is 14.0. The molecule has 3 heteroatoms. The molecule has 25 heavy (non-hydrogen) atoms. The molecule has 2 aromatic carbocycles. The first-order valence-electron chi connectivity index (χ1n) is 8.71. The zero-order chi connectivity index (χ0) is 17.1. The van der Waals surface area contributed by atoms with Crippen LogP contribution in [0.15, 0.2) is 83.5 Å². The van der Waals surface area contributed by atoms with Gasteiger partial charge in [-0.3, -0.25) is 4.79 Å². The van der Waals surface area contributed by atoms with Crippen molar-refractivity contribution >= 4 is 5.91 Å². The lowest BCUT2D eigenvalue weighted by atomic mass is 10.1. The van der Waals surface area contributed by atoms with E-state index in [4.69, 9.17) is 4.42 Å². The highest BCUT2D eigenvalue weighted by molar-refractivity contribution is 5.83. The number of nitrogens with zero attached hydrogens (tertiary/aromatic N) is 1. The Balaban J connectivity index is 1.50. The van der Waals surface area contributed by atoms with Gasteiger partial charge in [0.05, 0.1) is 12.8 Å². The van der Waals surface area contributed by atoms with Crippen LogP contribution in [0.3, 0.4) is 0 Å². The Bertz CT molecular complexity index is 812. The second-order valence-corrected chi connectivity index (χ2v) is 6.62. The van der Waals surface area contributed by atoms with Crippen LogP contribution in [-0.2, 0) is 17.9 Å². The van der Waals surface area contributed by atoms with Crippen LogP contribution >= 0.6 is 0 Å². The predicted octanol–water partition coefficient (Wildman–Crippen LogP) is 4.61. The topological polar surface area (TPSA) is 33.5 Å². The normalized spacial score (nSPS) is 18.7. The first-order chi connectivity index (χ1) is 12.3. The molecule has 0 aliphatic heterocycles. The molecule has 3 nitrogen and oxygen atoms in total. The lowest BCUT2D eigenvalue weighted by Gasteiger charge is -2.22. The molecule has 0 unspecified atom stereocenters. The smallest absolute Gasteiger partial charge is 0.227 e. The molecule has 0 radical (unpaired) electrons. The summed E-state index contributed by atoms with van der Waals surface area (Å²) in [5.74, 6) is 1.47. The number of benzene rings is 2. The van der Waals surface area contributed by atoms with Crippen molar-refractivity contribution in [2.24, 2.45) is 5.92 Å². The van der Waals surface area contributed by atoms with Gasteiger partial charge in [0, 0.05) is 12.5 Å². The summed E-state index contributed by atoms with van der Waals surface area (Å²) in [6, 6.07) is 24.3. The quantitative estimate of drug-likeness (QED) is 0.661. The van der Waals surface area contributed by atoms with Crippen LogP contribution in [0.2, 0.25) is 0 Å². The maximum absolute atomic E-state index is 13.1. The van der Waals surface area contributed by atoms with Crippen molar-refractivity contribution in [3.8, 4) is 0 Å². The van der Waals surface area contributed by atoms with Gasteiger partial charge < -0.3 is 9.32 Å². The summed E-state index contributed by atoms with van der Waals surface area (Å²) < 4.78 is 5.47. The fraction of sp³-hybridized carbons (Fsp3) is 0.227. The molecule has 1 aliphatic rings. The van der Waals surface area contributed by atoms with Crippen molar-refractivity contribution < 1.29 is 9.21 Å². The van der Waals surface area contributed by atoms with Crippen LogP contribution in [-0.4, -0.2) is 10.8 Å². The van der Waals surface area contributed by atoms with Crippen molar-refractivity contribution in [1.82, 2.24) is 4.90 Å². The van der Waals surface area contributed by atoms with Crippen molar-refractivity contribution in [3.63, 3.8) is 0 Å². The average molecular weight is 331 g/mol. The van der Waals surface area contributed by atoms with Crippen molar-refractivity contribution in [3.05, 3.63) is 95.9 Å². The lowest BCUT2D eigenvalue weighted by molar-refractivity contribution is -0.134. The van der Waals surface area contributed by atoms with E-state index < -0.39 is 0 Å². The monoisotopic (exact) mass is 331 g/mol. The van der Waals surface area contributed by atoms with Gasteiger partial charge in [-0.25, -0.2) is 0 Å². The molecule has 2 atom stereocenters. The Morgan fingerprint density at radius 3 is 2.32 bits per heavy atom. The standard InChI is InChI=1S/C22H21NO2/c24-22(21-14-20(21)18-10-5-2-6-11-18)23(16-19-12-7-13-25-19)15-17-8-3-1-4-9-17/h1-13,20-21H,14-16H2/t20-,21+/m0/s1. The van der Waals surface area contributed by atoms with E-state index in [1.54, 1.807) is 6.26 Å². The molecule has 0 spiro atoms. The molecule has 1 saturated carbocycles. The van der Waals surface area contributed by atoms with E-state index in [2.05, 4.69) is 24.3 Å². The number of rotatable bonds is 6. The highest BCUT2D eigenvalue weighted by Gasteiger charge is 2.45. The number of furan rings is 1. The molecule has 4 rings (SSSR count). The van der Waals surface area contributed by atoms with Gasteiger partial charge in [-0.2, -0.15) is 0 Å². The van der Waals surface area contributed by atoms with E-state index in [1.165, 1.54) is 5.56 Å². The second-order valence-electron chi connectivity index (χ2n) is 6.62. The van der Waals surface area contributed by atoms with Crippen LogP contribution in [0.4, 0.5) is 0 Å². The predicted molar refractivity (Wildman–Crippen MR) is 96.7 cm³/mol. The van der Waals surface area contributed by atoms with E-state index in [-0.39, 0.29) is 11.8 Å². The summed E-state index contributed by atoms with van der Waals surface area (Å²) in [6.07, 6.45) is 2.59. The van der Waals surface area contributed by atoms with Gasteiger partial charge in [-0.05, 0) is 35.6 Å². The summed E-state index contributed by atoms with van der Waals surface area (Å²) in [6.45, 7) is 1.12. The lowest BCUT2D eigenvalue weighted by Crippen LogP contribution is -2.31. The van der Waals surface area contributed by atoms with E-state index in [9.17, 15) is 4.79 Å². The minimum atomic E-state index is 0.0843. The summed E-state index contributed by atoms with van der Waals surface area (Å²) in [7, 11) is 0. The number of carbonyl (C=O) groups excluding carboxylic acids is 1. The third kappa shape index (κ3) is 3.66. The maximum atomic E-state index is 13.1. The van der Waals surface area contributed by atoms with Gasteiger partial charge in [0.1, 0.15) is 5.76 Å². The van der Waals surface area contributed by atoms with Gasteiger partial charge >= 0.3 is 0 Å². The number of amides is 1. The molecule has 3 aromatic rings. The largest absolute Gasteiger partial charge is 0.467 e. The molecule has 1 aromatic heterocycles. The van der Waals surface area contributed by atoms with E-state index in [1.807, 2.05) is 53.4 Å². The molecule has 1 fully saturated rings. The van der Waals surface area contributed by atoms with Gasteiger partial charge in [0.2, 0.25) is 5.91 Å². The zero-order valence-electron chi connectivity index (χ0n) is 14.0. The molecular formula is C22H21NO2. The highest BCUT2D eigenvalue weighted by Crippen LogP contribution is 2.48. The van der Waals surface area contributed by atoms with Crippen molar-refractivity contribution in [2.45, 2.75) is 25.4 Å². The summed E-state index contributed by atoms with van der Waals surface area (Å²) in [5, 5.41) is 0. The van der Waals surface area contributed by atoms with Crippen LogP contribution in [0.25, 0.3) is 0 Å². The van der Waals surface area contributed by atoms with Crippen molar-refractivity contribution in [1.29, 1.82) is 0 Å². The van der Waals surface area contributed by atoms with Crippen LogP contribution in [0.1, 0.15) is 29.2 Å². The fourth-order valence-corrected chi connectivity index (χ4v) is 3.38. The Labute approximate surface area is 147 Å². The van der Waals surface area contributed by atoms with Crippen molar-refractivity contribution in [2.75, 3.05) is 0 Å².